The number of hydroxylamine groups is 1. The van der Waals surface area contributed by atoms with Crippen molar-refractivity contribution in [3.8, 4) is 0 Å². The van der Waals surface area contributed by atoms with Crippen LogP contribution in [0, 0.1) is 5.21 Å². The summed E-state index contributed by atoms with van der Waals surface area (Å²) in [6, 6.07) is 2.98. The molecule has 0 aromatic heterocycles. The molecule has 20 heavy (non-hydrogen) atoms. The molecule has 1 aliphatic heterocycles. The van der Waals surface area contributed by atoms with E-state index in [4.69, 9.17) is 5.11 Å². The molecule has 108 valence electrons. The Labute approximate surface area is 112 Å². The van der Waals surface area contributed by atoms with Crippen molar-refractivity contribution < 1.29 is 27.8 Å². The molecular formula is C13H12F3NO3. The van der Waals surface area contributed by atoms with Gasteiger partial charge in [-0.3, -0.25) is 0 Å². The van der Waals surface area contributed by atoms with Gasteiger partial charge in [0.1, 0.15) is 0 Å². The molecule has 1 aliphatic rings. The third kappa shape index (κ3) is 2.48. The van der Waals surface area contributed by atoms with Crippen LogP contribution in [-0.4, -0.2) is 27.6 Å². The molecular weight excluding hydrogens is 275 g/mol. The molecule has 2 atom stereocenters. The van der Waals surface area contributed by atoms with Gasteiger partial charge in [-0.25, -0.2) is 4.79 Å². The van der Waals surface area contributed by atoms with E-state index in [1.807, 2.05) is 0 Å². The number of carbonyl (C=O) groups is 1. The fourth-order valence-electron chi connectivity index (χ4n) is 2.41. The molecule has 0 saturated heterocycles. The van der Waals surface area contributed by atoms with E-state index in [-0.39, 0.29) is 6.42 Å². The molecule has 7 heteroatoms. The summed E-state index contributed by atoms with van der Waals surface area (Å²) in [7, 11) is 0. The Morgan fingerprint density at radius 2 is 1.90 bits per heavy atom. The topological polar surface area (TPSA) is 63.4 Å². The van der Waals surface area contributed by atoms with Gasteiger partial charge in [0.15, 0.2) is 5.71 Å². The Morgan fingerprint density at radius 1 is 1.35 bits per heavy atom. The summed E-state index contributed by atoms with van der Waals surface area (Å²) in [5.74, 6) is -1.91. The average Bonchev–Trinajstić information content (AvgIpc) is 2.65. The highest BCUT2D eigenvalue weighted by atomic mass is 19.4. The summed E-state index contributed by atoms with van der Waals surface area (Å²) in [5.41, 5.74) is -0.0174. The normalized spacial score (nSPS) is 23.2. The predicted molar refractivity (Wildman–Crippen MR) is 64.5 cm³/mol. The van der Waals surface area contributed by atoms with Crippen molar-refractivity contribution in [2.75, 3.05) is 0 Å². The summed E-state index contributed by atoms with van der Waals surface area (Å²) in [6.07, 6.45) is -4.21. The Hall–Kier alpha value is -2.05. The summed E-state index contributed by atoms with van der Waals surface area (Å²) in [5, 5.41) is 20.8. The number of carboxylic acids is 1. The quantitative estimate of drug-likeness (QED) is 0.671. The maximum atomic E-state index is 12.5. The Morgan fingerprint density at radius 3 is 2.35 bits per heavy atom. The van der Waals surface area contributed by atoms with Crippen molar-refractivity contribution in [2.45, 2.75) is 31.5 Å². The van der Waals surface area contributed by atoms with Crippen LogP contribution in [0.5, 0.6) is 0 Å². The summed E-state index contributed by atoms with van der Waals surface area (Å²) in [4.78, 5) is 11.1. The van der Waals surface area contributed by atoms with Crippen LogP contribution in [0.4, 0.5) is 13.2 Å². The smallest absolute Gasteiger partial charge is 0.416 e. The Balaban J connectivity index is 2.31. The molecule has 0 bridgehead atoms. The van der Waals surface area contributed by atoms with E-state index in [9.17, 15) is 23.2 Å². The zero-order valence-corrected chi connectivity index (χ0v) is 10.5. The Bertz CT molecular complexity index is 563. The molecule has 2 unspecified atom stereocenters. The van der Waals surface area contributed by atoms with Gasteiger partial charge in [0.2, 0.25) is 0 Å². The van der Waals surface area contributed by atoms with E-state index in [0.717, 1.165) is 12.1 Å². The number of rotatable bonds is 2. The lowest BCUT2D eigenvalue weighted by Gasteiger charge is -2.16. The number of benzene rings is 1. The van der Waals surface area contributed by atoms with Crippen LogP contribution < -0.4 is 0 Å². The van der Waals surface area contributed by atoms with Gasteiger partial charge in [-0.05, 0) is 17.7 Å². The maximum absolute atomic E-state index is 12.5. The van der Waals surface area contributed by atoms with Gasteiger partial charge in [0.25, 0.3) is 6.04 Å². The summed E-state index contributed by atoms with van der Waals surface area (Å²) < 4.78 is 37.8. The van der Waals surface area contributed by atoms with Gasteiger partial charge in [-0.1, -0.05) is 12.1 Å². The predicted octanol–water partition coefficient (Wildman–Crippen LogP) is 2.62. The van der Waals surface area contributed by atoms with Gasteiger partial charge in [-0.15, -0.1) is 0 Å². The minimum Gasteiger partial charge on any atom is -0.623 e. The van der Waals surface area contributed by atoms with E-state index in [2.05, 4.69) is 0 Å². The van der Waals surface area contributed by atoms with Crippen LogP contribution in [0.1, 0.15) is 30.4 Å². The molecule has 0 radical (unpaired) electrons. The van der Waals surface area contributed by atoms with Crippen LogP contribution >= 0.6 is 0 Å². The molecule has 2 rings (SSSR count). The van der Waals surface area contributed by atoms with Crippen molar-refractivity contribution in [3.63, 3.8) is 0 Å². The zero-order chi connectivity index (χ0) is 15.1. The third-order valence-corrected chi connectivity index (χ3v) is 3.44. The van der Waals surface area contributed by atoms with Crippen molar-refractivity contribution in [2.24, 2.45) is 0 Å². The number of hydrogen-bond donors (Lipinski definition) is 1. The average molecular weight is 287 g/mol. The van der Waals surface area contributed by atoms with E-state index >= 15 is 0 Å². The highest BCUT2D eigenvalue weighted by molar-refractivity contribution is 5.85. The van der Waals surface area contributed by atoms with Crippen molar-refractivity contribution >= 4 is 11.7 Å². The molecule has 0 aliphatic carbocycles. The number of nitrogens with zero attached hydrogens (tertiary/aromatic N) is 1. The summed E-state index contributed by atoms with van der Waals surface area (Å²) >= 11 is 0. The molecule has 1 aromatic carbocycles. The molecule has 0 saturated carbocycles. The van der Waals surface area contributed by atoms with Crippen LogP contribution in [0.3, 0.4) is 0 Å². The largest absolute Gasteiger partial charge is 0.623 e. The first-order chi connectivity index (χ1) is 9.21. The SMILES string of the molecule is CC1=[N+]([O-])C(C(=O)O)C(c2ccc(C(F)(F)F)cc2)C1. The first-order valence-corrected chi connectivity index (χ1v) is 5.90. The fraction of sp³-hybridized carbons (Fsp3) is 0.385. The number of hydrogen-bond acceptors (Lipinski definition) is 2. The standard InChI is InChI=1S/C13H12F3NO3/c1-7-6-10(11(12(18)19)17(7)20)8-2-4-9(5-3-8)13(14,15)16/h2-5,10-11H,6H2,1H3,(H,18,19). The van der Waals surface area contributed by atoms with E-state index < -0.39 is 29.7 Å². The van der Waals surface area contributed by atoms with Gasteiger partial charge >= 0.3 is 12.1 Å². The molecule has 0 spiro atoms. The van der Waals surface area contributed by atoms with Crippen LogP contribution in [0.25, 0.3) is 0 Å². The molecule has 1 N–H and O–H groups in total. The second kappa shape index (κ2) is 4.81. The van der Waals surface area contributed by atoms with Crippen LogP contribution in [-0.2, 0) is 11.0 Å². The molecule has 0 fully saturated rings. The zero-order valence-electron chi connectivity index (χ0n) is 10.5. The van der Waals surface area contributed by atoms with Crippen molar-refractivity contribution in [1.82, 2.24) is 0 Å². The lowest BCUT2D eigenvalue weighted by atomic mass is 9.89. The highest BCUT2D eigenvalue weighted by Gasteiger charge is 2.44. The number of alkyl halides is 3. The van der Waals surface area contributed by atoms with Crippen LogP contribution in [0.2, 0.25) is 0 Å². The van der Waals surface area contributed by atoms with E-state index in [0.29, 0.717) is 16.0 Å². The summed E-state index contributed by atoms with van der Waals surface area (Å²) in [6.45, 7) is 1.52. The lowest BCUT2D eigenvalue weighted by Crippen LogP contribution is -2.32. The number of halogens is 3. The fourth-order valence-corrected chi connectivity index (χ4v) is 2.41. The van der Waals surface area contributed by atoms with Gasteiger partial charge < -0.3 is 10.3 Å². The molecule has 0 amide bonds. The number of aliphatic carboxylic acids is 1. The first kappa shape index (κ1) is 14.4. The van der Waals surface area contributed by atoms with Crippen molar-refractivity contribution in [1.29, 1.82) is 0 Å². The van der Waals surface area contributed by atoms with Gasteiger partial charge in [0, 0.05) is 13.3 Å². The minimum absolute atomic E-state index is 0.228. The molecule has 4 nitrogen and oxygen atoms in total. The van der Waals surface area contributed by atoms with E-state index in [1.54, 1.807) is 0 Å². The third-order valence-electron chi connectivity index (χ3n) is 3.44. The second-order valence-corrected chi connectivity index (χ2v) is 4.77. The minimum atomic E-state index is -4.44. The Kier molecular flexibility index (Phi) is 3.45. The lowest BCUT2D eigenvalue weighted by molar-refractivity contribution is -0.483. The van der Waals surface area contributed by atoms with Gasteiger partial charge in [-0.2, -0.15) is 17.9 Å². The first-order valence-electron chi connectivity index (χ1n) is 5.90. The second-order valence-electron chi connectivity index (χ2n) is 4.77. The van der Waals surface area contributed by atoms with Gasteiger partial charge in [0.05, 0.1) is 11.5 Å². The number of carboxylic acid groups (broad SMARTS) is 1. The van der Waals surface area contributed by atoms with Crippen molar-refractivity contribution in [3.05, 3.63) is 40.6 Å². The molecule has 1 heterocycles. The monoisotopic (exact) mass is 287 g/mol. The maximum Gasteiger partial charge on any atom is 0.416 e. The van der Waals surface area contributed by atoms with E-state index in [1.165, 1.54) is 19.1 Å². The van der Waals surface area contributed by atoms with Crippen LogP contribution in [0.15, 0.2) is 24.3 Å². The highest BCUT2D eigenvalue weighted by Crippen LogP contribution is 2.34. The molecule has 1 aromatic rings.